The summed E-state index contributed by atoms with van der Waals surface area (Å²) in [5.74, 6) is 0.970. The maximum absolute atomic E-state index is 9.03. The lowest BCUT2D eigenvalue weighted by Crippen LogP contribution is -1.98. The Morgan fingerprint density at radius 1 is 1.47 bits per heavy atom. The Morgan fingerprint density at radius 3 is 2.80 bits per heavy atom. The van der Waals surface area contributed by atoms with Crippen LogP contribution in [-0.2, 0) is 6.61 Å². The van der Waals surface area contributed by atoms with Crippen LogP contribution in [0.15, 0.2) is 18.3 Å². The minimum Gasteiger partial charge on any atom is -0.392 e. The fourth-order valence-corrected chi connectivity index (χ4v) is 1.64. The number of hydrogen-bond donors (Lipinski definition) is 2. The molecule has 0 aliphatic rings. The Balaban J connectivity index is 2.66. The summed E-state index contributed by atoms with van der Waals surface area (Å²) < 4.78 is 1.82. The van der Waals surface area contributed by atoms with E-state index in [-0.39, 0.29) is 6.61 Å². The summed E-state index contributed by atoms with van der Waals surface area (Å²) in [4.78, 5) is 4.44. The molecule has 0 spiro atoms. The molecular weight excluding hydrogens is 190 g/mol. The zero-order chi connectivity index (χ0) is 11.0. The van der Waals surface area contributed by atoms with E-state index in [2.05, 4.69) is 18.8 Å². The molecule has 0 bridgehead atoms. The van der Waals surface area contributed by atoms with Crippen LogP contribution in [0.5, 0.6) is 0 Å². The van der Waals surface area contributed by atoms with Crippen molar-refractivity contribution in [2.75, 3.05) is 5.73 Å². The predicted octanol–water partition coefficient (Wildman–Crippen LogP) is 1.53. The normalized spacial score (nSPS) is 11.5. The third-order valence-corrected chi connectivity index (χ3v) is 2.47. The van der Waals surface area contributed by atoms with Gasteiger partial charge in [0.1, 0.15) is 11.5 Å². The highest BCUT2D eigenvalue weighted by molar-refractivity contribution is 5.54. The molecule has 4 nitrogen and oxygen atoms in total. The van der Waals surface area contributed by atoms with Crippen LogP contribution in [0.1, 0.15) is 31.0 Å². The van der Waals surface area contributed by atoms with Crippen LogP contribution in [0.2, 0.25) is 0 Å². The van der Waals surface area contributed by atoms with Crippen LogP contribution >= 0.6 is 0 Å². The molecule has 0 saturated carbocycles. The summed E-state index contributed by atoms with van der Waals surface area (Å²) in [6.45, 7) is 4.14. The van der Waals surface area contributed by atoms with Crippen molar-refractivity contribution in [2.24, 2.45) is 0 Å². The molecule has 0 amide bonds. The first-order valence-corrected chi connectivity index (χ1v) is 5.00. The number of imidazole rings is 1. The Hall–Kier alpha value is -1.55. The van der Waals surface area contributed by atoms with Gasteiger partial charge in [-0.1, -0.05) is 19.9 Å². The molecule has 2 rings (SSSR count). The highest BCUT2D eigenvalue weighted by Gasteiger charge is 2.12. The average molecular weight is 205 g/mol. The molecular formula is C11H15N3O. The Labute approximate surface area is 88.4 Å². The van der Waals surface area contributed by atoms with Gasteiger partial charge >= 0.3 is 0 Å². The third-order valence-electron chi connectivity index (χ3n) is 2.47. The van der Waals surface area contributed by atoms with Gasteiger partial charge in [0, 0.05) is 6.20 Å². The molecule has 0 atom stereocenters. The van der Waals surface area contributed by atoms with Crippen LogP contribution in [-0.4, -0.2) is 14.5 Å². The van der Waals surface area contributed by atoms with Crippen LogP contribution in [0.25, 0.3) is 5.65 Å². The molecule has 4 heteroatoms. The molecule has 0 saturated heterocycles. The fourth-order valence-electron chi connectivity index (χ4n) is 1.64. The van der Waals surface area contributed by atoms with Crippen molar-refractivity contribution in [1.82, 2.24) is 9.38 Å². The number of hydrogen-bond acceptors (Lipinski definition) is 3. The van der Waals surface area contributed by atoms with E-state index in [4.69, 9.17) is 10.8 Å². The lowest BCUT2D eigenvalue weighted by molar-refractivity contribution is 0.281. The number of nitrogens with zero attached hydrogens (tertiary/aromatic N) is 2. The molecule has 0 aromatic carbocycles. The van der Waals surface area contributed by atoms with E-state index in [1.54, 1.807) is 0 Å². The SMILES string of the molecule is CC(C)c1nc2ccc(CO)cn2c1N. The molecule has 0 unspecified atom stereocenters. The minimum absolute atomic E-state index is 0.0184. The molecule has 0 fully saturated rings. The van der Waals surface area contributed by atoms with Crippen molar-refractivity contribution >= 4 is 11.5 Å². The van der Waals surface area contributed by atoms with E-state index >= 15 is 0 Å². The van der Waals surface area contributed by atoms with E-state index in [1.165, 1.54) is 0 Å². The maximum Gasteiger partial charge on any atom is 0.138 e. The first kappa shape index (κ1) is 9.98. The van der Waals surface area contributed by atoms with E-state index in [9.17, 15) is 0 Å². The summed E-state index contributed by atoms with van der Waals surface area (Å²) in [7, 11) is 0. The van der Waals surface area contributed by atoms with E-state index < -0.39 is 0 Å². The van der Waals surface area contributed by atoms with Crippen LogP contribution < -0.4 is 5.73 Å². The zero-order valence-electron chi connectivity index (χ0n) is 8.94. The number of nitrogens with two attached hydrogens (primary N) is 1. The number of rotatable bonds is 2. The van der Waals surface area contributed by atoms with Gasteiger partial charge in [-0.3, -0.25) is 4.40 Å². The van der Waals surface area contributed by atoms with E-state index in [0.29, 0.717) is 11.7 Å². The van der Waals surface area contributed by atoms with Gasteiger partial charge in [-0.05, 0) is 17.5 Å². The fraction of sp³-hybridized carbons (Fsp3) is 0.364. The van der Waals surface area contributed by atoms with Crippen molar-refractivity contribution in [3.05, 3.63) is 29.6 Å². The largest absolute Gasteiger partial charge is 0.392 e. The second-order valence-corrected chi connectivity index (χ2v) is 3.96. The average Bonchev–Trinajstić information content (AvgIpc) is 2.56. The third kappa shape index (κ3) is 1.57. The van der Waals surface area contributed by atoms with Crippen molar-refractivity contribution in [3.63, 3.8) is 0 Å². The standard InChI is InChI=1S/C11H15N3O/c1-7(2)10-11(12)14-5-8(6-15)3-4-9(14)13-10/h3-5,7,15H,6,12H2,1-2H3. The van der Waals surface area contributed by atoms with Crippen molar-refractivity contribution in [1.29, 1.82) is 0 Å². The van der Waals surface area contributed by atoms with Gasteiger partial charge in [-0.25, -0.2) is 4.98 Å². The molecule has 15 heavy (non-hydrogen) atoms. The van der Waals surface area contributed by atoms with E-state index in [1.807, 2.05) is 22.7 Å². The summed E-state index contributed by atoms with van der Waals surface area (Å²) in [6, 6.07) is 3.72. The number of aliphatic hydroxyl groups is 1. The van der Waals surface area contributed by atoms with Crippen molar-refractivity contribution < 1.29 is 5.11 Å². The van der Waals surface area contributed by atoms with Crippen LogP contribution in [0, 0.1) is 0 Å². The first-order valence-electron chi connectivity index (χ1n) is 5.00. The van der Waals surface area contributed by atoms with Gasteiger partial charge in [0.05, 0.1) is 12.3 Å². The predicted molar refractivity (Wildman–Crippen MR) is 59.6 cm³/mol. The lowest BCUT2D eigenvalue weighted by Gasteiger charge is -2.02. The minimum atomic E-state index is 0.0184. The molecule has 2 aromatic heterocycles. The quantitative estimate of drug-likeness (QED) is 0.781. The Bertz CT molecular complexity index is 488. The smallest absolute Gasteiger partial charge is 0.138 e. The van der Waals surface area contributed by atoms with E-state index in [0.717, 1.165) is 16.9 Å². The molecule has 3 N–H and O–H groups in total. The zero-order valence-corrected chi connectivity index (χ0v) is 8.94. The number of aromatic nitrogens is 2. The summed E-state index contributed by atoms with van der Waals surface area (Å²) in [6.07, 6.45) is 1.82. The molecule has 2 aromatic rings. The molecule has 0 aliphatic heterocycles. The number of fused-ring (bicyclic) bond motifs is 1. The van der Waals surface area contributed by atoms with Gasteiger partial charge in [0.15, 0.2) is 0 Å². The van der Waals surface area contributed by atoms with Crippen LogP contribution in [0.4, 0.5) is 5.82 Å². The van der Waals surface area contributed by atoms with Gasteiger partial charge in [-0.2, -0.15) is 0 Å². The van der Waals surface area contributed by atoms with Gasteiger partial charge < -0.3 is 10.8 Å². The van der Waals surface area contributed by atoms with Gasteiger partial charge in [0.25, 0.3) is 0 Å². The van der Waals surface area contributed by atoms with Crippen molar-refractivity contribution in [2.45, 2.75) is 26.4 Å². The molecule has 0 aliphatic carbocycles. The number of nitrogen functional groups attached to an aromatic ring is 1. The lowest BCUT2D eigenvalue weighted by atomic mass is 10.1. The monoisotopic (exact) mass is 205 g/mol. The van der Waals surface area contributed by atoms with Crippen LogP contribution in [0.3, 0.4) is 0 Å². The first-order chi connectivity index (χ1) is 7.13. The Morgan fingerprint density at radius 2 is 2.20 bits per heavy atom. The van der Waals surface area contributed by atoms with Crippen molar-refractivity contribution in [3.8, 4) is 0 Å². The summed E-state index contributed by atoms with van der Waals surface area (Å²) >= 11 is 0. The van der Waals surface area contributed by atoms with Gasteiger partial charge in [0.2, 0.25) is 0 Å². The highest BCUT2D eigenvalue weighted by Crippen LogP contribution is 2.22. The molecule has 0 radical (unpaired) electrons. The number of pyridine rings is 1. The van der Waals surface area contributed by atoms with Gasteiger partial charge in [-0.15, -0.1) is 0 Å². The Kier molecular flexibility index (Phi) is 2.36. The second kappa shape index (κ2) is 3.55. The summed E-state index contributed by atoms with van der Waals surface area (Å²) in [5.41, 5.74) is 8.55. The second-order valence-electron chi connectivity index (χ2n) is 3.96. The number of anilines is 1. The summed E-state index contributed by atoms with van der Waals surface area (Å²) in [5, 5.41) is 9.03. The topological polar surface area (TPSA) is 63.5 Å². The molecule has 80 valence electrons. The number of aliphatic hydroxyl groups excluding tert-OH is 1. The molecule has 2 heterocycles. The maximum atomic E-state index is 9.03. The highest BCUT2D eigenvalue weighted by atomic mass is 16.3.